The van der Waals surface area contributed by atoms with Crippen molar-refractivity contribution in [3.8, 4) is 11.9 Å². The highest BCUT2D eigenvalue weighted by atomic mass is 16.5. The molecule has 1 spiro atoms. The van der Waals surface area contributed by atoms with Crippen LogP contribution in [0.1, 0.15) is 56.3 Å². The number of carbonyl (C=O) groups excluding carboxylic acids is 1. The van der Waals surface area contributed by atoms with Crippen LogP contribution in [0.4, 0.5) is 10.5 Å². The molecule has 0 atom stereocenters. The zero-order valence-electron chi connectivity index (χ0n) is 20.3. The summed E-state index contributed by atoms with van der Waals surface area (Å²) < 4.78 is 5.43. The number of β-amino-alcohol motifs (C(OH)–C–C–N with tert-alkyl or cyclic N) is 1. The molecule has 0 radical (unpaired) electrons. The van der Waals surface area contributed by atoms with Crippen LogP contribution in [0.25, 0.3) is 0 Å². The van der Waals surface area contributed by atoms with Gasteiger partial charge in [-0.25, -0.2) is 9.78 Å². The van der Waals surface area contributed by atoms with Crippen molar-refractivity contribution in [1.82, 2.24) is 20.2 Å². The van der Waals surface area contributed by atoms with Crippen molar-refractivity contribution in [1.29, 1.82) is 5.26 Å². The molecule has 35 heavy (non-hydrogen) atoms. The van der Waals surface area contributed by atoms with Crippen LogP contribution in [-0.4, -0.2) is 64.4 Å². The number of methoxy groups -OCH3 is 1. The van der Waals surface area contributed by atoms with Crippen LogP contribution < -0.4 is 15.0 Å². The van der Waals surface area contributed by atoms with E-state index in [1.165, 1.54) is 18.9 Å². The highest BCUT2D eigenvalue weighted by Crippen LogP contribution is 2.49. The summed E-state index contributed by atoms with van der Waals surface area (Å²) in [5, 5.41) is 23.8. The summed E-state index contributed by atoms with van der Waals surface area (Å²) >= 11 is 0. The first-order chi connectivity index (χ1) is 16.9. The summed E-state index contributed by atoms with van der Waals surface area (Å²) in [6.07, 6.45) is 7.20. The van der Waals surface area contributed by atoms with Gasteiger partial charge >= 0.3 is 6.03 Å². The molecule has 3 fully saturated rings. The lowest BCUT2D eigenvalue weighted by Gasteiger charge is -2.50. The summed E-state index contributed by atoms with van der Waals surface area (Å²) in [6, 6.07) is 12.2. The minimum atomic E-state index is -0.832. The van der Waals surface area contributed by atoms with E-state index in [2.05, 4.69) is 39.6 Å². The second kappa shape index (κ2) is 8.77. The lowest BCUT2D eigenvalue weighted by atomic mass is 9.68. The van der Waals surface area contributed by atoms with Crippen molar-refractivity contribution < 1.29 is 14.6 Å². The number of hydrogen-bond acceptors (Lipinski definition) is 7. The van der Waals surface area contributed by atoms with Crippen molar-refractivity contribution in [2.45, 2.75) is 61.6 Å². The predicted octanol–water partition coefficient (Wildman–Crippen LogP) is 2.94. The van der Waals surface area contributed by atoms with Crippen LogP contribution in [-0.2, 0) is 5.54 Å². The SMILES string of the molecule is CN[C@]1(c2ccccc2)CC[C@]2(CC1)CN(c1cnc(C#N)nc1OC)C(=O)N2CC1(O)CCC1. The molecule has 0 bridgehead atoms. The van der Waals surface area contributed by atoms with Crippen LogP contribution in [0.5, 0.6) is 5.88 Å². The maximum Gasteiger partial charge on any atom is 0.325 e. The molecular weight excluding hydrogens is 444 g/mol. The van der Waals surface area contributed by atoms with E-state index >= 15 is 0 Å². The monoisotopic (exact) mass is 476 g/mol. The van der Waals surface area contributed by atoms with Crippen LogP contribution in [0.15, 0.2) is 36.5 Å². The number of nitrogens with zero attached hydrogens (tertiary/aromatic N) is 5. The minimum Gasteiger partial charge on any atom is -0.479 e. The Morgan fingerprint density at radius 3 is 2.46 bits per heavy atom. The number of anilines is 1. The minimum absolute atomic E-state index is 0.00748. The number of aliphatic hydroxyl groups is 1. The lowest BCUT2D eigenvalue weighted by molar-refractivity contribution is -0.0690. The largest absolute Gasteiger partial charge is 0.479 e. The van der Waals surface area contributed by atoms with Crippen LogP contribution in [0, 0.1) is 11.3 Å². The Morgan fingerprint density at radius 1 is 1.17 bits per heavy atom. The summed E-state index contributed by atoms with van der Waals surface area (Å²) in [5.74, 6) is 0.195. The first-order valence-corrected chi connectivity index (χ1v) is 12.2. The summed E-state index contributed by atoms with van der Waals surface area (Å²) in [4.78, 5) is 25.7. The molecule has 2 aliphatic carbocycles. The number of carbonyl (C=O) groups is 1. The summed E-state index contributed by atoms with van der Waals surface area (Å²) in [5.41, 5.74) is 0.298. The van der Waals surface area contributed by atoms with Crippen LogP contribution in [0.2, 0.25) is 0 Å². The molecule has 1 aliphatic heterocycles. The van der Waals surface area contributed by atoms with Gasteiger partial charge in [-0.05, 0) is 57.6 Å². The number of amides is 2. The van der Waals surface area contributed by atoms with Gasteiger partial charge in [-0.2, -0.15) is 10.2 Å². The van der Waals surface area contributed by atoms with Crippen molar-refractivity contribution >= 4 is 11.7 Å². The van der Waals surface area contributed by atoms with Gasteiger partial charge in [0.2, 0.25) is 11.7 Å². The van der Waals surface area contributed by atoms with E-state index in [4.69, 9.17) is 4.74 Å². The fourth-order valence-corrected chi connectivity index (χ4v) is 6.02. The van der Waals surface area contributed by atoms with Crippen molar-refractivity contribution in [2.24, 2.45) is 0 Å². The number of nitrogens with one attached hydrogen (secondary N) is 1. The number of urea groups is 1. The van der Waals surface area contributed by atoms with Gasteiger partial charge in [0.1, 0.15) is 11.8 Å². The van der Waals surface area contributed by atoms with Gasteiger partial charge < -0.3 is 20.1 Å². The fourth-order valence-electron chi connectivity index (χ4n) is 6.02. The molecule has 2 heterocycles. The van der Waals surface area contributed by atoms with Gasteiger partial charge in [0.05, 0.1) is 37.5 Å². The van der Waals surface area contributed by atoms with Crippen LogP contribution >= 0.6 is 0 Å². The quantitative estimate of drug-likeness (QED) is 0.659. The molecule has 184 valence electrons. The molecule has 2 N–H and O–H groups in total. The highest BCUT2D eigenvalue weighted by molar-refractivity contribution is 5.96. The third kappa shape index (κ3) is 3.91. The molecule has 1 aromatic carbocycles. The first-order valence-electron chi connectivity index (χ1n) is 12.2. The Kier molecular flexibility index (Phi) is 5.90. The van der Waals surface area contributed by atoms with E-state index in [0.29, 0.717) is 31.6 Å². The third-order valence-corrected chi connectivity index (χ3v) is 8.38. The Balaban J connectivity index is 1.48. The van der Waals surface area contributed by atoms with Crippen molar-refractivity contribution in [2.75, 3.05) is 32.1 Å². The number of aromatic nitrogens is 2. The molecule has 9 heteroatoms. The molecule has 2 saturated carbocycles. The van der Waals surface area contributed by atoms with Gasteiger partial charge in [0, 0.05) is 5.54 Å². The predicted molar refractivity (Wildman–Crippen MR) is 130 cm³/mol. The zero-order valence-corrected chi connectivity index (χ0v) is 20.3. The molecular formula is C26H32N6O3. The number of benzene rings is 1. The van der Waals surface area contributed by atoms with E-state index in [1.54, 1.807) is 4.90 Å². The number of ether oxygens (including phenoxy) is 1. The molecule has 2 aromatic rings. The van der Waals surface area contributed by atoms with E-state index < -0.39 is 11.1 Å². The normalized spacial score (nSPS) is 27.5. The van der Waals surface area contributed by atoms with Gasteiger partial charge in [-0.3, -0.25) is 4.90 Å². The standard InChI is InChI=1S/C26H32N6O3/c1-28-26(19-7-4-3-5-8-19)13-11-24(12-14-26)17-31(20-16-29-21(15-27)30-22(20)35-2)23(33)32(24)18-25(34)9-6-10-25/h3-5,7-8,16,28,34H,6,9-14,17-18H2,1-2H3/t24-,26+. The second-order valence-electron chi connectivity index (χ2n) is 10.2. The Hall–Kier alpha value is -3.22. The summed E-state index contributed by atoms with van der Waals surface area (Å²) in [7, 11) is 3.48. The highest BCUT2D eigenvalue weighted by Gasteiger charge is 2.56. The maximum absolute atomic E-state index is 13.9. The van der Waals surface area contributed by atoms with E-state index in [9.17, 15) is 15.2 Å². The van der Waals surface area contributed by atoms with Gasteiger partial charge in [-0.1, -0.05) is 30.3 Å². The van der Waals surface area contributed by atoms with Gasteiger partial charge in [0.25, 0.3) is 0 Å². The Morgan fingerprint density at radius 2 is 1.89 bits per heavy atom. The molecule has 9 nitrogen and oxygen atoms in total. The van der Waals surface area contributed by atoms with Gasteiger partial charge in [-0.15, -0.1) is 0 Å². The molecule has 1 aromatic heterocycles. The number of hydrogen-bond donors (Lipinski definition) is 2. The van der Waals surface area contributed by atoms with Gasteiger partial charge in [0.15, 0.2) is 0 Å². The zero-order chi connectivity index (χ0) is 24.7. The lowest BCUT2D eigenvalue weighted by Crippen LogP contribution is -2.59. The average molecular weight is 477 g/mol. The molecule has 1 saturated heterocycles. The fraction of sp³-hybridized carbons (Fsp3) is 0.538. The van der Waals surface area contributed by atoms with E-state index in [-0.39, 0.29) is 23.3 Å². The van der Waals surface area contributed by atoms with Crippen molar-refractivity contribution in [3.05, 3.63) is 47.9 Å². The van der Waals surface area contributed by atoms with Crippen LogP contribution in [0.3, 0.4) is 0 Å². The molecule has 0 unspecified atom stereocenters. The van der Waals surface area contributed by atoms with E-state index in [0.717, 1.165) is 32.1 Å². The third-order valence-electron chi connectivity index (χ3n) is 8.38. The smallest absolute Gasteiger partial charge is 0.325 e. The number of nitriles is 1. The first kappa shape index (κ1) is 23.5. The molecule has 5 rings (SSSR count). The average Bonchev–Trinajstić information content (AvgIpc) is 3.14. The van der Waals surface area contributed by atoms with E-state index in [1.807, 2.05) is 24.1 Å². The number of rotatable bonds is 6. The summed E-state index contributed by atoms with van der Waals surface area (Å²) in [6.45, 7) is 0.780. The molecule has 2 amide bonds. The Bertz CT molecular complexity index is 1140. The second-order valence-corrected chi connectivity index (χ2v) is 10.2. The topological polar surface area (TPSA) is 115 Å². The van der Waals surface area contributed by atoms with Crippen molar-refractivity contribution in [3.63, 3.8) is 0 Å². The maximum atomic E-state index is 13.9. The molecule has 3 aliphatic rings. The Labute approximate surface area is 205 Å².